The average Bonchev–Trinajstić information content (AvgIpc) is 2.59. The molecule has 24 heavy (non-hydrogen) atoms. The summed E-state index contributed by atoms with van der Waals surface area (Å²) in [4.78, 5) is 16.6. The number of carbonyl (C=O) groups is 1. The predicted molar refractivity (Wildman–Crippen MR) is 97.3 cm³/mol. The molecule has 1 saturated carbocycles. The normalized spacial score (nSPS) is 20.4. The topological polar surface area (TPSA) is 51.2 Å². The summed E-state index contributed by atoms with van der Waals surface area (Å²) in [5, 5.41) is 3.12. The molecular formula is C19H21BrN2O2. The highest BCUT2D eigenvalue weighted by molar-refractivity contribution is 9.10. The second kappa shape index (κ2) is 7.79. The van der Waals surface area contributed by atoms with E-state index in [1.807, 2.05) is 49.5 Å². The molecule has 1 aromatic heterocycles. The standard InChI is InChI=1S/C19H21BrN2O2/c1-13-2-11-18(21-12-13)24-17-9-7-16(8-10-17)22-19(23)14-3-5-15(20)6-4-14/h2-6,11-12,16-17H,7-10H2,1H3,(H,22,23). The van der Waals surface area contributed by atoms with Crippen LogP contribution in [0.3, 0.4) is 0 Å². The number of benzene rings is 1. The lowest BCUT2D eigenvalue weighted by Gasteiger charge is -2.29. The zero-order valence-electron chi connectivity index (χ0n) is 13.7. The molecular weight excluding hydrogens is 368 g/mol. The number of pyridine rings is 1. The maximum atomic E-state index is 12.3. The second-order valence-corrected chi connectivity index (χ2v) is 7.16. The van der Waals surface area contributed by atoms with E-state index in [0.717, 1.165) is 35.7 Å². The highest BCUT2D eigenvalue weighted by Crippen LogP contribution is 2.23. The van der Waals surface area contributed by atoms with Crippen LogP contribution < -0.4 is 10.1 Å². The van der Waals surface area contributed by atoms with E-state index in [4.69, 9.17) is 4.74 Å². The van der Waals surface area contributed by atoms with Gasteiger partial charge in [-0.3, -0.25) is 4.79 Å². The molecule has 0 atom stereocenters. The van der Waals surface area contributed by atoms with Gasteiger partial charge in [0, 0.05) is 28.3 Å². The number of nitrogens with one attached hydrogen (secondary N) is 1. The van der Waals surface area contributed by atoms with Gasteiger partial charge in [0.05, 0.1) is 0 Å². The smallest absolute Gasteiger partial charge is 0.251 e. The van der Waals surface area contributed by atoms with Gasteiger partial charge in [0.1, 0.15) is 6.10 Å². The summed E-state index contributed by atoms with van der Waals surface area (Å²) in [6.07, 6.45) is 5.72. The number of aromatic nitrogens is 1. The predicted octanol–water partition coefficient (Wildman–Crippen LogP) is 4.27. The molecule has 1 aliphatic rings. The number of carbonyl (C=O) groups excluding carboxylic acids is 1. The number of hydrogen-bond acceptors (Lipinski definition) is 3. The maximum absolute atomic E-state index is 12.3. The highest BCUT2D eigenvalue weighted by Gasteiger charge is 2.24. The molecule has 4 nitrogen and oxygen atoms in total. The van der Waals surface area contributed by atoms with Crippen molar-refractivity contribution in [2.24, 2.45) is 0 Å². The third-order valence-corrected chi connectivity index (χ3v) is 4.82. The van der Waals surface area contributed by atoms with Gasteiger partial charge in [-0.1, -0.05) is 22.0 Å². The van der Waals surface area contributed by atoms with Crippen molar-refractivity contribution in [3.8, 4) is 5.88 Å². The first-order valence-electron chi connectivity index (χ1n) is 8.26. The van der Waals surface area contributed by atoms with Crippen molar-refractivity contribution in [2.45, 2.75) is 44.8 Å². The molecule has 0 radical (unpaired) electrons. The monoisotopic (exact) mass is 388 g/mol. The van der Waals surface area contributed by atoms with Crippen molar-refractivity contribution < 1.29 is 9.53 Å². The molecule has 1 aliphatic carbocycles. The molecule has 0 bridgehead atoms. The molecule has 5 heteroatoms. The van der Waals surface area contributed by atoms with Crippen molar-refractivity contribution in [1.29, 1.82) is 0 Å². The van der Waals surface area contributed by atoms with Gasteiger partial charge in [0.2, 0.25) is 5.88 Å². The van der Waals surface area contributed by atoms with Crippen molar-refractivity contribution in [3.63, 3.8) is 0 Å². The Bertz CT molecular complexity index is 678. The minimum atomic E-state index is -0.00734. The van der Waals surface area contributed by atoms with Crippen molar-refractivity contribution >= 4 is 21.8 Å². The van der Waals surface area contributed by atoms with E-state index < -0.39 is 0 Å². The fourth-order valence-corrected chi connectivity index (χ4v) is 3.15. The molecule has 2 aromatic rings. The van der Waals surface area contributed by atoms with Crippen LogP contribution in [-0.2, 0) is 0 Å². The zero-order valence-corrected chi connectivity index (χ0v) is 15.3. The SMILES string of the molecule is Cc1ccc(OC2CCC(NC(=O)c3ccc(Br)cc3)CC2)nc1. The second-order valence-electron chi connectivity index (χ2n) is 6.25. The van der Waals surface area contributed by atoms with Crippen LogP contribution in [0.15, 0.2) is 47.1 Å². The fraction of sp³-hybridized carbons (Fsp3) is 0.368. The van der Waals surface area contributed by atoms with E-state index >= 15 is 0 Å². The Morgan fingerprint density at radius 3 is 2.46 bits per heavy atom. The number of halogens is 1. The molecule has 0 unspecified atom stereocenters. The van der Waals surface area contributed by atoms with Crippen molar-refractivity contribution in [3.05, 3.63) is 58.2 Å². The van der Waals surface area contributed by atoms with Crippen LogP contribution in [0, 0.1) is 6.92 Å². The first-order valence-corrected chi connectivity index (χ1v) is 9.05. The maximum Gasteiger partial charge on any atom is 0.251 e. The van der Waals surface area contributed by atoms with Crippen molar-refractivity contribution in [1.82, 2.24) is 10.3 Å². The summed E-state index contributed by atoms with van der Waals surface area (Å²) < 4.78 is 6.91. The number of hydrogen-bond donors (Lipinski definition) is 1. The molecule has 0 saturated heterocycles. The summed E-state index contributed by atoms with van der Waals surface area (Å²) >= 11 is 3.38. The molecule has 1 fully saturated rings. The Hall–Kier alpha value is -1.88. The van der Waals surface area contributed by atoms with Gasteiger partial charge in [-0.2, -0.15) is 0 Å². The van der Waals surface area contributed by atoms with Gasteiger partial charge in [-0.05, 0) is 62.4 Å². The summed E-state index contributed by atoms with van der Waals surface area (Å²) in [7, 11) is 0. The largest absolute Gasteiger partial charge is 0.474 e. The highest BCUT2D eigenvalue weighted by atomic mass is 79.9. The minimum Gasteiger partial charge on any atom is -0.474 e. The summed E-state index contributed by atoms with van der Waals surface area (Å²) in [6.45, 7) is 2.01. The Labute approximate surface area is 150 Å². The van der Waals surface area contributed by atoms with Crippen LogP contribution in [0.25, 0.3) is 0 Å². The average molecular weight is 389 g/mol. The number of rotatable bonds is 4. The van der Waals surface area contributed by atoms with Gasteiger partial charge >= 0.3 is 0 Å². The van der Waals surface area contributed by atoms with Crippen LogP contribution in [-0.4, -0.2) is 23.0 Å². The van der Waals surface area contributed by atoms with Gasteiger partial charge in [-0.15, -0.1) is 0 Å². The molecule has 0 aliphatic heterocycles. The van der Waals surface area contributed by atoms with Gasteiger partial charge in [0.25, 0.3) is 5.91 Å². The van der Waals surface area contributed by atoms with Crippen LogP contribution >= 0.6 is 15.9 Å². The Balaban J connectivity index is 1.47. The third-order valence-electron chi connectivity index (χ3n) is 4.29. The lowest BCUT2D eigenvalue weighted by atomic mass is 9.92. The van der Waals surface area contributed by atoms with Crippen LogP contribution in [0.5, 0.6) is 5.88 Å². The van der Waals surface area contributed by atoms with Gasteiger partial charge < -0.3 is 10.1 Å². The number of aryl methyl sites for hydroxylation is 1. The molecule has 1 N–H and O–H groups in total. The minimum absolute atomic E-state index is 0.00734. The molecule has 126 valence electrons. The van der Waals surface area contributed by atoms with E-state index in [0.29, 0.717) is 11.4 Å². The van der Waals surface area contributed by atoms with Crippen molar-refractivity contribution in [2.75, 3.05) is 0 Å². The lowest BCUT2D eigenvalue weighted by Crippen LogP contribution is -2.39. The van der Waals surface area contributed by atoms with Crippen LogP contribution in [0.4, 0.5) is 0 Å². The van der Waals surface area contributed by atoms with E-state index in [9.17, 15) is 4.79 Å². The zero-order chi connectivity index (χ0) is 16.9. The summed E-state index contributed by atoms with van der Waals surface area (Å²) in [5.41, 5.74) is 1.82. The molecule has 1 heterocycles. The first-order chi connectivity index (χ1) is 11.6. The molecule has 0 spiro atoms. The number of nitrogens with zero attached hydrogens (tertiary/aromatic N) is 1. The Morgan fingerprint density at radius 2 is 1.83 bits per heavy atom. The van der Waals surface area contributed by atoms with Crippen LogP contribution in [0.1, 0.15) is 41.6 Å². The quantitative estimate of drug-likeness (QED) is 0.850. The third kappa shape index (κ3) is 4.57. The number of ether oxygens (including phenoxy) is 1. The Kier molecular flexibility index (Phi) is 5.51. The molecule has 1 amide bonds. The Morgan fingerprint density at radius 1 is 1.12 bits per heavy atom. The molecule has 3 rings (SSSR count). The van der Waals surface area contributed by atoms with Gasteiger partial charge in [-0.25, -0.2) is 4.98 Å². The fourth-order valence-electron chi connectivity index (χ4n) is 2.89. The summed E-state index contributed by atoms with van der Waals surface area (Å²) in [5.74, 6) is 0.676. The lowest BCUT2D eigenvalue weighted by molar-refractivity contribution is 0.0890. The van der Waals surface area contributed by atoms with E-state index in [-0.39, 0.29) is 18.1 Å². The van der Waals surface area contributed by atoms with E-state index in [1.54, 1.807) is 0 Å². The first kappa shape index (κ1) is 17.0. The van der Waals surface area contributed by atoms with E-state index in [1.165, 1.54) is 0 Å². The molecule has 1 aromatic carbocycles. The summed E-state index contributed by atoms with van der Waals surface area (Å²) in [6, 6.07) is 11.6. The van der Waals surface area contributed by atoms with E-state index in [2.05, 4.69) is 26.2 Å². The van der Waals surface area contributed by atoms with Gasteiger partial charge in [0.15, 0.2) is 0 Å². The number of amides is 1. The van der Waals surface area contributed by atoms with Crippen LogP contribution in [0.2, 0.25) is 0 Å².